The van der Waals surface area contributed by atoms with Crippen molar-refractivity contribution in [3.63, 3.8) is 0 Å². The summed E-state index contributed by atoms with van der Waals surface area (Å²) in [7, 11) is 0. The molecule has 2 heteroatoms. The summed E-state index contributed by atoms with van der Waals surface area (Å²) < 4.78 is 0. The van der Waals surface area contributed by atoms with Gasteiger partial charge in [-0.15, -0.1) is 0 Å². The van der Waals surface area contributed by atoms with Gasteiger partial charge in [0.2, 0.25) is 0 Å². The number of rotatable bonds is 4. The second-order valence-electron chi connectivity index (χ2n) is 5.97. The molecule has 1 N–H and O–H groups in total. The third-order valence-electron chi connectivity index (χ3n) is 3.78. The topological polar surface area (TPSA) is 15.3 Å². The number of piperazine rings is 1. The van der Waals surface area contributed by atoms with Gasteiger partial charge in [-0.1, -0.05) is 32.9 Å². The predicted octanol–water partition coefficient (Wildman–Crippen LogP) is 2.66. The lowest BCUT2D eigenvalue weighted by Gasteiger charge is -2.47. The van der Waals surface area contributed by atoms with Gasteiger partial charge >= 0.3 is 0 Å². The molecule has 1 saturated heterocycles. The van der Waals surface area contributed by atoms with Gasteiger partial charge in [-0.3, -0.25) is 4.90 Å². The zero-order valence-electron chi connectivity index (χ0n) is 11.6. The fourth-order valence-corrected chi connectivity index (χ4v) is 2.52. The van der Waals surface area contributed by atoms with Crippen LogP contribution in [-0.2, 0) is 0 Å². The van der Waals surface area contributed by atoms with Gasteiger partial charge in [-0.25, -0.2) is 0 Å². The second-order valence-corrected chi connectivity index (χ2v) is 5.97. The van der Waals surface area contributed by atoms with Crippen LogP contribution < -0.4 is 5.32 Å². The SMILES string of the molecule is C=C(C)CN1CC(C)(CC)NCC1C(C)C. The van der Waals surface area contributed by atoms with Gasteiger partial charge in [0.25, 0.3) is 0 Å². The third-order valence-corrected chi connectivity index (χ3v) is 3.78. The molecule has 0 saturated carbocycles. The van der Waals surface area contributed by atoms with Crippen LogP contribution in [0.4, 0.5) is 0 Å². The predicted molar refractivity (Wildman–Crippen MR) is 71.7 cm³/mol. The van der Waals surface area contributed by atoms with E-state index in [4.69, 9.17) is 0 Å². The molecule has 2 nitrogen and oxygen atoms in total. The first-order valence-electron chi connectivity index (χ1n) is 6.51. The summed E-state index contributed by atoms with van der Waals surface area (Å²) in [5, 5.41) is 3.71. The van der Waals surface area contributed by atoms with E-state index in [1.165, 1.54) is 12.0 Å². The lowest BCUT2D eigenvalue weighted by molar-refractivity contribution is 0.0686. The molecule has 0 radical (unpaired) electrons. The summed E-state index contributed by atoms with van der Waals surface area (Å²) in [6.07, 6.45) is 1.19. The van der Waals surface area contributed by atoms with Crippen LogP contribution in [0.1, 0.15) is 41.0 Å². The Bertz CT molecular complexity index is 247. The Morgan fingerprint density at radius 1 is 1.56 bits per heavy atom. The molecule has 0 aromatic heterocycles. The van der Waals surface area contributed by atoms with Gasteiger partial charge in [-0.05, 0) is 26.2 Å². The molecule has 0 bridgehead atoms. The van der Waals surface area contributed by atoms with Crippen LogP contribution >= 0.6 is 0 Å². The molecule has 1 aliphatic rings. The number of nitrogens with zero attached hydrogens (tertiary/aromatic N) is 1. The van der Waals surface area contributed by atoms with Crippen LogP contribution in [-0.4, -0.2) is 36.1 Å². The highest BCUT2D eigenvalue weighted by Crippen LogP contribution is 2.23. The van der Waals surface area contributed by atoms with Crippen molar-refractivity contribution in [1.82, 2.24) is 10.2 Å². The molecule has 16 heavy (non-hydrogen) atoms. The van der Waals surface area contributed by atoms with E-state index in [-0.39, 0.29) is 5.54 Å². The molecule has 1 fully saturated rings. The molecule has 0 spiro atoms. The molecule has 1 heterocycles. The van der Waals surface area contributed by atoms with E-state index in [2.05, 4.69) is 51.4 Å². The monoisotopic (exact) mass is 224 g/mol. The highest BCUT2D eigenvalue weighted by atomic mass is 15.3. The smallest absolute Gasteiger partial charge is 0.0278 e. The molecule has 0 aromatic carbocycles. The minimum Gasteiger partial charge on any atom is -0.309 e. The largest absolute Gasteiger partial charge is 0.309 e. The zero-order chi connectivity index (χ0) is 12.3. The van der Waals surface area contributed by atoms with Crippen molar-refractivity contribution in [2.45, 2.75) is 52.6 Å². The summed E-state index contributed by atoms with van der Waals surface area (Å²) in [4.78, 5) is 2.60. The van der Waals surface area contributed by atoms with Crippen molar-refractivity contribution < 1.29 is 0 Å². The number of nitrogens with one attached hydrogen (secondary N) is 1. The molecule has 0 amide bonds. The summed E-state index contributed by atoms with van der Waals surface area (Å²) in [5.41, 5.74) is 1.55. The van der Waals surface area contributed by atoms with Crippen LogP contribution in [0.5, 0.6) is 0 Å². The molecule has 1 aliphatic heterocycles. The van der Waals surface area contributed by atoms with Crippen molar-refractivity contribution in [2.75, 3.05) is 19.6 Å². The summed E-state index contributed by atoms with van der Waals surface area (Å²) in [6, 6.07) is 0.649. The minimum absolute atomic E-state index is 0.279. The van der Waals surface area contributed by atoms with Gasteiger partial charge in [0.05, 0.1) is 0 Å². The van der Waals surface area contributed by atoms with E-state index in [0.29, 0.717) is 12.0 Å². The van der Waals surface area contributed by atoms with Gasteiger partial charge in [0, 0.05) is 31.2 Å². The van der Waals surface area contributed by atoms with Crippen LogP contribution in [0.3, 0.4) is 0 Å². The van der Waals surface area contributed by atoms with E-state index in [1.54, 1.807) is 0 Å². The average Bonchev–Trinajstić information content (AvgIpc) is 2.16. The quantitative estimate of drug-likeness (QED) is 0.739. The van der Waals surface area contributed by atoms with Crippen molar-refractivity contribution in [2.24, 2.45) is 5.92 Å². The third kappa shape index (κ3) is 3.33. The van der Waals surface area contributed by atoms with Gasteiger partial charge in [-0.2, -0.15) is 0 Å². The summed E-state index contributed by atoms with van der Waals surface area (Å²) in [6.45, 7) is 18.7. The Hall–Kier alpha value is -0.340. The summed E-state index contributed by atoms with van der Waals surface area (Å²) >= 11 is 0. The number of hydrogen-bond donors (Lipinski definition) is 1. The van der Waals surface area contributed by atoms with Crippen LogP contribution in [0.2, 0.25) is 0 Å². The summed E-state index contributed by atoms with van der Waals surface area (Å²) in [5.74, 6) is 0.702. The normalized spacial score (nSPS) is 32.0. The number of hydrogen-bond acceptors (Lipinski definition) is 2. The van der Waals surface area contributed by atoms with E-state index in [1.807, 2.05) is 0 Å². The molecular formula is C14H28N2. The lowest BCUT2D eigenvalue weighted by atomic mass is 9.89. The molecular weight excluding hydrogens is 196 g/mol. The van der Waals surface area contributed by atoms with E-state index >= 15 is 0 Å². The Morgan fingerprint density at radius 2 is 2.19 bits per heavy atom. The second kappa shape index (κ2) is 5.33. The Balaban J connectivity index is 2.73. The average molecular weight is 224 g/mol. The van der Waals surface area contributed by atoms with E-state index in [9.17, 15) is 0 Å². The van der Waals surface area contributed by atoms with Crippen LogP contribution in [0.25, 0.3) is 0 Å². The highest BCUT2D eigenvalue weighted by molar-refractivity contribution is 5.01. The maximum Gasteiger partial charge on any atom is 0.0278 e. The van der Waals surface area contributed by atoms with Crippen molar-refractivity contribution in [3.8, 4) is 0 Å². The van der Waals surface area contributed by atoms with Crippen molar-refractivity contribution >= 4 is 0 Å². The Kier molecular flexibility index (Phi) is 4.57. The highest BCUT2D eigenvalue weighted by Gasteiger charge is 2.35. The lowest BCUT2D eigenvalue weighted by Crippen LogP contribution is -2.64. The molecule has 1 rings (SSSR count). The molecule has 0 aromatic rings. The molecule has 2 unspecified atom stereocenters. The van der Waals surface area contributed by atoms with E-state index < -0.39 is 0 Å². The van der Waals surface area contributed by atoms with Gasteiger partial charge in [0.15, 0.2) is 0 Å². The first-order chi connectivity index (χ1) is 7.38. The fraction of sp³-hybridized carbons (Fsp3) is 0.857. The Labute approximate surface area is 101 Å². The van der Waals surface area contributed by atoms with Gasteiger partial charge in [0.1, 0.15) is 0 Å². The Morgan fingerprint density at radius 3 is 2.62 bits per heavy atom. The minimum atomic E-state index is 0.279. The van der Waals surface area contributed by atoms with Crippen molar-refractivity contribution in [3.05, 3.63) is 12.2 Å². The maximum absolute atomic E-state index is 4.05. The molecule has 0 aliphatic carbocycles. The molecule has 2 atom stereocenters. The fourth-order valence-electron chi connectivity index (χ4n) is 2.52. The molecule has 94 valence electrons. The first kappa shape index (κ1) is 13.7. The van der Waals surface area contributed by atoms with Gasteiger partial charge < -0.3 is 5.32 Å². The standard InChI is InChI=1S/C14H28N2/c1-7-14(6)10-16(9-11(2)3)13(8-15-14)12(4)5/h12-13,15H,2,7-10H2,1,3-6H3. The van der Waals surface area contributed by atoms with Crippen LogP contribution in [0.15, 0.2) is 12.2 Å². The maximum atomic E-state index is 4.05. The zero-order valence-corrected chi connectivity index (χ0v) is 11.6. The first-order valence-corrected chi connectivity index (χ1v) is 6.51. The van der Waals surface area contributed by atoms with E-state index in [0.717, 1.165) is 19.6 Å². The van der Waals surface area contributed by atoms with Crippen LogP contribution in [0, 0.1) is 5.92 Å². The van der Waals surface area contributed by atoms with Crippen molar-refractivity contribution in [1.29, 1.82) is 0 Å².